The SMILES string of the molecule is CC1(NC(=O)c2ccc3c(-c4cccc(C5CC5)c4)nn(-c4ccc(F)cc4)c3c2)CCS(O)(O)C1. The Morgan fingerprint density at radius 3 is 2.58 bits per heavy atom. The van der Waals surface area contributed by atoms with E-state index >= 15 is 0 Å². The topological polar surface area (TPSA) is 87.4 Å². The van der Waals surface area contributed by atoms with Crippen molar-refractivity contribution in [3.05, 3.63) is 83.7 Å². The minimum atomic E-state index is -2.65. The van der Waals surface area contributed by atoms with E-state index in [1.807, 2.05) is 19.1 Å². The maximum Gasteiger partial charge on any atom is 0.251 e. The lowest BCUT2D eigenvalue weighted by atomic mass is 10.00. The molecule has 186 valence electrons. The molecule has 6 nitrogen and oxygen atoms in total. The molecule has 1 atom stereocenters. The van der Waals surface area contributed by atoms with E-state index in [0.29, 0.717) is 29.3 Å². The van der Waals surface area contributed by atoms with Gasteiger partial charge in [-0.05, 0) is 86.2 Å². The highest BCUT2D eigenvalue weighted by atomic mass is 32.3. The first-order valence-corrected chi connectivity index (χ1v) is 14.0. The van der Waals surface area contributed by atoms with Crippen LogP contribution in [-0.4, -0.2) is 41.8 Å². The second kappa shape index (κ2) is 8.44. The van der Waals surface area contributed by atoms with Crippen molar-refractivity contribution in [2.75, 3.05) is 11.5 Å². The van der Waals surface area contributed by atoms with Crippen LogP contribution in [-0.2, 0) is 0 Å². The second-order valence-corrected chi connectivity index (χ2v) is 12.6. The van der Waals surface area contributed by atoms with Gasteiger partial charge in [-0.2, -0.15) is 15.7 Å². The number of fused-ring (bicyclic) bond motifs is 1. The first-order chi connectivity index (χ1) is 17.2. The number of carbonyl (C=O) groups excluding carboxylic acids is 1. The molecule has 36 heavy (non-hydrogen) atoms. The maximum absolute atomic E-state index is 13.7. The molecule has 0 radical (unpaired) electrons. The number of carbonyl (C=O) groups is 1. The Labute approximate surface area is 210 Å². The van der Waals surface area contributed by atoms with Crippen LogP contribution in [0.15, 0.2) is 66.7 Å². The van der Waals surface area contributed by atoms with Crippen molar-refractivity contribution in [1.82, 2.24) is 15.1 Å². The molecule has 1 saturated heterocycles. The van der Waals surface area contributed by atoms with Crippen LogP contribution < -0.4 is 5.32 Å². The number of amides is 1. The molecule has 8 heteroatoms. The van der Waals surface area contributed by atoms with Crippen LogP contribution in [0.5, 0.6) is 0 Å². The first-order valence-electron chi connectivity index (χ1n) is 12.1. The number of hydrogen-bond donors (Lipinski definition) is 3. The minimum Gasteiger partial charge on any atom is -0.345 e. The number of nitrogens with zero attached hydrogens (tertiary/aromatic N) is 2. The molecule has 2 aliphatic rings. The van der Waals surface area contributed by atoms with Gasteiger partial charge in [0.2, 0.25) is 0 Å². The smallest absolute Gasteiger partial charge is 0.251 e. The van der Waals surface area contributed by atoms with Crippen LogP contribution in [0.2, 0.25) is 0 Å². The highest BCUT2D eigenvalue weighted by Crippen LogP contribution is 2.50. The van der Waals surface area contributed by atoms with Crippen LogP contribution >= 0.6 is 10.6 Å². The molecule has 2 fully saturated rings. The van der Waals surface area contributed by atoms with Gasteiger partial charge in [0.1, 0.15) is 11.5 Å². The Kier molecular flexibility index (Phi) is 5.44. The number of aromatic nitrogens is 2. The summed E-state index contributed by atoms with van der Waals surface area (Å²) in [4.78, 5) is 13.2. The van der Waals surface area contributed by atoms with Crippen molar-refractivity contribution in [3.63, 3.8) is 0 Å². The largest absolute Gasteiger partial charge is 0.345 e. The predicted molar refractivity (Wildman–Crippen MR) is 142 cm³/mol. The third-order valence-electron chi connectivity index (χ3n) is 7.17. The lowest BCUT2D eigenvalue weighted by molar-refractivity contribution is 0.0915. The van der Waals surface area contributed by atoms with Crippen molar-refractivity contribution >= 4 is 27.4 Å². The summed E-state index contributed by atoms with van der Waals surface area (Å²) in [6.07, 6.45) is 2.93. The van der Waals surface area contributed by atoms with E-state index in [4.69, 9.17) is 5.10 Å². The van der Waals surface area contributed by atoms with Gasteiger partial charge in [0, 0.05) is 22.3 Å². The molecular weight excluding hydrogens is 477 g/mol. The first kappa shape index (κ1) is 23.2. The quantitative estimate of drug-likeness (QED) is 0.295. The lowest BCUT2D eigenvalue weighted by Gasteiger charge is -2.30. The van der Waals surface area contributed by atoms with Gasteiger partial charge in [0.25, 0.3) is 5.91 Å². The maximum atomic E-state index is 13.7. The molecule has 6 rings (SSSR count). The Morgan fingerprint density at radius 1 is 1.11 bits per heavy atom. The van der Waals surface area contributed by atoms with Crippen LogP contribution in [0.1, 0.15) is 48.0 Å². The van der Waals surface area contributed by atoms with Crippen molar-refractivity contribution in [2.24, 2.45) is 0 Å². The third kappa shape index (κ3) is 4.40. The minimum absolute atomic E-state index is 0.156. The lowest BCUT2D eigenvalue weighted by Crippen LogP contribution is -2.46. The molecule has 1 aliphatic heterocycles. The third-order valence-corrected chi connectivity index (χ3v) is 9.13. The van der Waals surface area contributed by atoms with Gasteiger partial charge in [0.05, 0.1) is 22.5 Å². The normalized spacial score (nSPS) is 22.0. The van der Waals surface area contributed by atoms with Crippen molar-refractivity contribution < 1.29 is 18.3 Å². The zero-order valence-corrected chi connectivity index (χ0v) is 20.8. The molecule has 1 aliphatic carbocycles. The summed E-state index contributed by atoms with van der Waals surface area (Å²) < 4.78 is 35.5. The molecule has 0 bridgehead atoms. The summed E-state index contributed by atoms with van der Waals surface area (Å²) in [5, 5.41) is 8.82. The Hall–Kier alpha value is -3.20. The Morgan fingerprint density at radius 2 is 1.89 bits per heavy atom. The fourth-order valence-electron chi connectivity index (χ4n) is 5.09. The summed E-state index contributed by atoms with van der Waals surface area (Å²) in [7, 11) is -2.65. The molecule has 1 saturated carbocycles. The predicted octanol–water partition coefficient (Wildman–Crippen LogP) is 6.35. The number of halogens is 1. The standard InChI is InChI=1S/C28H28FN3O3S/c1-28(13-14-36(34,35)17-28)30-27(33)21-7-12-24-25(16-21)32(23-10-8-22(29)9-11-23)31-26(24)20-4-2-3-19(15-20)18-5-6-18/h2-4,7-12,15-16,18,34-35H,5-6,13-14,17H2,1H3,(H,30,33). The fourth-order valence-corrected chi connectivity index (χ4v) is 7.25. The average molecular weight is 506 g/mol. The zero-order chi connectivity index (χ0) is 25.1. The summed E-state index contributed by atoms with van der Waals surface area (Å²) >= 11 is 0. The Balaban J connectivity index is 1.43. The van der Waals surface area contributed by atoms with Crippen LogP contribution in [0.4, 0.5) is 4.39 Å². The van der Waals surface area contributed by atoms with Crippen molar-refractivity contribution in [2.45, 2.75) is 37.6 Å². The summed E-state index contributed by atoms with van der Waals surface area (Å²) in [6, 6.07) is 20.1. The zero-order valence-electron chi connectivity index (χ0n) is 19.9. The molecule has 1 aromatic heterocycles. The average Bonchev–Trinajstić information content (AvgIpc) is 3.58. The van der Waals surface area contributed by atoms with Crippen LogP contribution in [0.25, 0.3) is 27.8 Å². The van der Waals surface area contributed by atoms with E-state index in [1.54, 1.807) is 28.9 Å². The molecule has 0 spiro atoms. The Bertz CT molecular complexity index is 1480. The summed E-state index contributed by atoms with van der Waals surface area (Å²) in [6.45, 7) is 1.85. The van der Waals surface area contributed by atoms with Crippen molar-refractivity contribution in [3.8, 4) is 16.9 Å². The number of rotatable bonds is 5. The molecule has 3 aromatic carbocycles. The van der Waals surface area contributed by atoms with E-state index in [9.17, 15) is 18.3 Å². The van der Waals surface area contributed by atoms with Gasteiger partial charge in [-0.25, -0.2) is 9.07 Å². The van der Waals surface area contributed by atoms with Gasteiger partial charge in [-0.15, -0.1) is 0 Å². The van der Waals surface area contributed by atoms with Gasteiger partial charge in [-0.3, -0.25) is 13.9 Å². The van der Waals surface area contributed by atoms with E-state index in [1.165, 1.54) is 30.5 Å². The van der Waals surface area contributed by atoms with Gasteiger partial charge in [-0.1, -0.05) is 18.2 Å². The van der Waals surface area contributed by atoms with E-state index < -0.39 is 16.1 Å². The fraction of sp³-hybridized carbons (Fsp3) is 0.286. The van der Waals surface area contributed by atoms with Crippen LogP contribution in [0, 0.1) is 5.82 Å². The highest BCUT2D eigenvalue weighted by molar-refractivity contribution is 8.24. The van der Waals surface area contributed by atoms with E-state index in [0.717, 1.165) is 22.2 Å². The van der Waals surface area contributed by atoms with Crippen molar-refractivity contribution in [1.29, 1.82) is 0 Å². The molecule has 4 aromatic rings. The summed E-state index contributed by atoms with van der Waals surface area (Å²) in [5.74, 6) is 0.456. The van der Waals surface area contributed by atoms with Gasteiger partial charge < -0.3 is 5.32 Å². The number of nitrogens with one attached hydrogen (secondary N) is 1. The number of benzene rings is 3. The molecule has 1 amide bonds. The highest BCUT2D eigenvalue weighted by Gasteiger charge is 2.39. The van der Waals surface area contributed by atoms with E-state index in [-0.39, 0.29) is 17.5 Å². The molecule has 3 N–H and O–H groups in total. The second-order valence-electron chi connectivity index (χ2n) is 10.3. The monoisotopic (exact) mass is 505 g/mol. The summed E-state index contributed by atoms with van der Waals surface area (Å²) in [5.41, 5.74) is 4.34. The van der Waals surface area contributed by atoms with Gasteiger partial charge in [0.15, 0.2) is 0 Å². The molecular formula is C28H28FN3O3S. The van der Waals surface area contributed by atoms with Crippen LogP contribution in [0.3, 0.4) is 0 Å². The number of hydrogen-bond acceptors (Lipinski definition) is 4. The van der Waals surface area contributed by atoms with Gasteiger partial charge >= 0.3 is 0 Å². The molecule has 2 heterocycles. The molecule has 1 unspecified atom stereocenters. The van der Waals surface area contributed by atoms with E-state index in [2.05, 4.69) is 23.5 Å².